The Bertz CT molecular complexity index is 1080. The number of fused-ring (bicyclic) bond motifs is 1. The van der Waals surface area contributed by atoms with Crippen molar-refractivity contribution in [2.75, 3.05) is 0 Å². The average molecular weight is 422 g/mol. The minimum absolute atomic E-state index is 0.0996. The van der Waals surface area contributed by atoms with Crippen molar-refractivity contribution in [2.24, 2.45) is 0 Å². The molecule has 0 saturated carbocycles. The van der Waals surface area contributed by atoms with Crippen LogP contribution in [-0.2, 0) is 17.9 Å². The monoisotopic (exact) mass is 421 g/mol. The fraction of sp³-hybridized carbons (Fsp3) is 0.200. The van der Waals surface area contributed by atoms with Gasteiger partial charge in [-0.05, 0) is 24.3 Å². The average Bonchev–Trinajstić information content (AvgIpc) is 3.20. The molecule has 0 saturated heterocycles. The summed E-state index contributed by atoms with van der Waals surface area (Å²) in [6.45, 7) is 2.08. The molecule has 0 bridgehead atoms. The van der Waals surface area contributed by atoms with E-state index in [0.717, 1.165) is 11.1 Å². The van der Waals surface area contributed by atoms with Gasteiger partial charge in [-0.25, -0.2) is 4.68 Å². The van der Waals surface area contributed by atoms with E-state index in [9.17, 15) is 18.0 Å². The van der Waals surface area contributed by atoms with E-state index in [2.05, 4.69) is 9.84 Å². The van der Waals surface area contributed by atoms with Crippen LogP contribution in [-0.4, -0.2) is 26.9 Å². The van der Waals surface area contributed by atoms with Crippen molar-refractivity contribution in [1.29, 1.82) is 0 Å². The second-order valence-corrected chi connectivity index (χ2v) is 7.02. The highest BCUT2D eigenvalue weighted by Gasteiger charge is 2.34. The number of alkyl halides is 3. The van der Waals surface area contributed by atoms with Gasteiger partial charge in [0.05, 0.1) is 24.5 Å². The van der Waals surface area contributed by atoms with Crippen LogP contribution in [0.3, 0.4) is 0 Å². The second-order valence-electron chi connectivity index (χ2n) is 6.58. The molecule has 150 valence electrons. The van der Waals surface area contributed by atoms with Crippen LogP contribution < -0.4 is 4.74 Å². The zero-order valence-corrected chi connectivity index (χ0v) is 16.0. The summed E-state index contributed by atoms with van der Waals surface area (Å²) >= 11 is 5.99. The zero-order chi connectivity index (χ0) is 20.8. The molecule has 0 unspecified atom stereocenters. The Hall–Kier alpha value is -3.00. The topological polar surface area (TPSA) is 47.4 Å². The summed E-state index contributed by atoms with van der Waals surface area (Å²) in [4.78, 5) is 13.4. The lowest BCUT2D eigenvalue weighted by Crippen LogP contribution is -2.23. The fourth-order valence-electron chi connectivity index (χ4n) is 3.36. The highest BCUT2D eigenvalue weighted by atomic mass is 35.5. The third-order valence-corrected chi connectivity index (χ3v) is 4.89. The molecular weight excluding hydrogens is 407 g/mol. The largest absolute Gasteiger partial charge is 0.573 e. The van der Waals surface area contributed by atoms with Crippen molar-refractivity contribution in [3.63, 3.8) is 0 Å². The predicted molar refractivity (Wildman–Crippen MR) is 101 cm³/mol. The van der Waals surface area contributed by atoms with Crippen molar-refractivity contribution in [3.05, 3.63) is 64.8 Å². The van der Waals surface area contributed by atoms with E-state index in [4.69, 9.17) is 11.6 Å². The number of nitrogens with zero attached hydrogens (tertiary/aromatic N) is 3. The number of aromatic nitrogens is 2. The number of benzene rings is 2. The summed E-state index contributed by atoms with van der Waals surface area (Å²) < 4.78 is 44.3. The maximum Gasteiger partial charge on any atom is 0.573 e. The molecule has 0 aliphatic carbocycles. The van der Waals surface area contributed by atoms with Crippen molar-refractivity contribution in [2.45, 2.75) is 26.4 Å². The SMILES string of the molecule is CC(=O)N1Cc2nn(-c3ccccc3OC(F)(F)F)c(-c3ccc(Cl)cc3)c2C1. The molecule has 0 N–H and O–H groups in total. The van der Waals surface area contributed by atoms with E-state index in [1.165, 1.54) is 29.8 Å². The predicted octanol–water partition coefficient (Wildman–Crippen LogP) is 4.95. The Morgan fingerprint density at radius 2 is 1.79 bits per heavy atom. The molecule has 0 fully saturated rings. The molecular formula is C20H15ClF3N3O2. The Kier molecular flexibility index (Phi) is 4.74. The summed E-state index contributed by atoms with van der Waals surface area (Å²) in [7, 11) is 0. The van der Waals surface area contributed by atoms with Crippen LogP contribution >= 0.6 is 11.6 Å². The summed E-state index contributed by atoms with van der Waals surface area (Å²) in [5.41, 5.74) is 2.88. The third-order valence-electron chi connectivity index (χ3n) is 4.64. The number of hydrogen-bond donors (Lipinski definition) is 0. The van der Waals surface area contributed by atoms with Gasteiger partial charge in [-0.2, -0.15) is 5.10 Å². The maximum atomic E-state index is 12.9. The zero-order valence-electron chi connectivity index (χ0n) is 15.2. The van der Waals surface area contributed by atoms with Crippen molar-refractivity contribution in [1.82, 2.24) is 14.7 Å². The first-order valence-electron chi connectivity index (χ1n) is 8.70. The number of amides is 1. The Morgan fingerprint density at radius 3 is 2.45 bits per heavy atom. The van der Waals surface area contributed by atoms with Crippen LogP contribution in [0.1, 0.15) is 18.2 Å². The van der Waals surface area contributed by atoms with E-state index in [1.54, 1.807) is 35.2 Å². The second kappa shape index (κ2) is 7.11. The Labute approximate surface area is 169 Å². The van der Waals surface area contributed by atoms with Gasteiger partial charge >= 0.3 is 6.36 Å². The van der Waals surface area contributed by atoms with Gasteiger partial charge in [0.25, 0.3) is 0 Å². The number of carbonyl (C=O) groups is 1. The highest BCUT2D eigenvalue weighted by Crippen LogP contribution is 2.38. The van der Waals surface area contributed by atoms with E-state index in [-0.39, 0.29) is 17.3 Å². The van der Waals surface area contributed by atoms with Gasteiger partial charge in [0.15, 0.2) is 5.75 Å². The van der Waals surface area contributed by atoms with Crippen LogP contribution in [0.2, 0.25) is 5.02 Å². The first-order chi connectivity index (χ1) is 13.7. The quantitative estimate of drug-likeness (QED) is 0.601. The minimum atomic E-state index is -4.84. The lowest BCUT2D eigenvalue weighted by molar-refractivity contribution is -0.274. The van der Waals surface area contributed by atoms with Gasteiger partial charge in [-0.3, -0.25) is 4.79 Å². The van der Waals surface area contributed by atoms with Crippen molar-refractivity contribution in [3.8, 4) is 22.7 Å². The standard InChI is InChI=1S/C20H15ClF3N3O2/c1-12(28)26-10-15-16(11-26)25-27(19(15)13-6-8-14(21)9-7-13)17-4-2-3-5-18(17)29-20(22,23)24/h2-9H,10-11H2,1H3. The highest BCUT2D eigenvalue weighted by molar-refractivity contribution is 6.30. The summed E-state index contributed by atoms with van der Waals surface area (Å²) in [5.74, 6) is -0.461. The summed E-state index contributed by atoms with van der Waals surface area (Å²) in [6, 6.07) is 12.7. The first kappa shape index (κ1) is 19.3. The van der Waals surface area contributed by atoms with Crippen LogP contribution in [0.25, 0.3) is 16.9 Å². The molecule has 1 aliphatic heterocycles. The summed E-state index contributed by atoms with van der Waals surface area (Å²) in [6.07, 6.45) is -4.84. The van der Waals surface area contributed by atoms with Gasteiger partial charge in [-0.1, -0.05) is 35.9 Å². The molecule has 0 radical (unpaired) electrons. The Balaban J connectivity index is 1.89. The van der Waals surface area contributed by atoms with E-state index < -0.39 is 6.36 Å². The lowest BCUT2D eigenvalue weighted by Gasteiger charge is -2.17. The smallest absolute Gasteiger partial charge is 0.403 e. The molecule has 1 amide bonds. The number of hydrogen-bond acceptors (Lipinski definition) is 3. The van der Waals surface area contributed by atoms with Crippen molar-refractivity contribution >= 4 is 17.5 Å². The molecule has 1 aromatic heterocycles. The Morgan fingerprint density at radius 1 is 1.10 bits per heavy atom. The normalized spacial score (nSPS) is 13.5. The summed E-state index contributed by atoms with van der Waals surface area (Å²) in [5, 5.41) is 5.06. The van der Waals surface area contributed by atoms with Crippen LogP contribution in [0.15, 0.2) is 48.5 Å². The minimum Gasteiger partial charge on any atom is -0.403 e. The first-order valence-corrected chi connectivity index (χ1v) is 9.08. The van der Waals surface area contributed by atoms with Gasteiger partial charge in [0.1, 0.15) is 5.69 Å². The molecule has 2 aromatic carbocycles. The van der Waals surface area contributed by atoms with Crippen LogP contribution in [0.4, 0.5) is 13.2 Å². The number of ether oxygens (including phenoxy) is 1. The van der Waals surface area contributed by atoms with Gasteiger partial charge in [0, 0.05) is 23.1 Å². The number of carbonyl (C=O) groups excluding carboxylic acids is 1. The maximum absolute atomic E-state index is 12.9. The molecule has 3 aromatic rings. The molecule has 0 spiro atoms. The van der Waals surface area contributed by atoms with E-state index in [0.29, 0.717) is 29.5 Å². The third kappa shape index (κ3) is 3.80. The number of rotatable bonds is 3. The van der Waals surface area contributed by atoms with Crippen LogP contribution in [0, 0.1) is 0 Å². The molecule has 0 atom stereocenters. The molecule has 2 heterocycles. The van der Waals surface area contributed by atoms with E-state index >= 15 is 0 Å². The van der Waals surface area contributed by atoms with Gasteiger partial charge < -0.3 is 9.64 Å². The lowest BCUT2D eigenvalue weighted by atomic mass is 10.1. The molecule has 4 rings (SSSR count). The van der Waals surface area contributed by atoms with Crippen LogP contribution in [0.5, 0.6) is 5.75 Å². The molecule has 5 nitrogen and oxygen atoms in total. The fourth-order valence-corrected chi connectivity index (χ4v) is 3.49. The van der Waals surface area contributed by atoms with Gasteiger partial charge in [0.2, 0.25) is 5.91 Å². The molecule has 9 heteroatoms. The number of para-hydroxylation sites is 2. The van der Waals surface area contributed by atoms with Crippen molar-refractivity contribution < 1.29 is 22.7 Å². The molecule has 1 aliphatic rings. The molecule has 29 heavy (non-hydrogen) atoms. The number of halogens is 4. The van der Waals surface area contributed by atoms with E-state index in [1.807, 2.05) is 0 Å². The van der Waals surface area contributed by atoms with Gasteiger partial charge in [-0.15, -0.1) is 13.2 Å².